The number of rotatable bonds is 19. The van der Waals surface area contributed by atoms with Gasteiger partial charge in [0.25, 0.3) is 0 Å². The third-order valence-corrected chi connectivity index (χ3v) is 13.9. The quantitative estimate of drug-likeness (QED) is 0.0534. The second-order valence-corrected chi connectivity index (χ2v) is 20.1. The molecule has 0 unspecified atom stereocenters. The Morgan fingerprint density at radius 2 is 0.743 bits per heavy atom. The molecule has 0 spiro atoms. The molecule has 432 valence electrons. The first kappa shape index (κ1) is 60.3. The van der Waals surface area contributed by atoms with E-state index in [0.717, 1.165) is 0 Å². The van der Waals surface area contributed by atoms with Gasteiger partial charge in [0.05, 0.1) is 39.6 Å². The molecule has 7 heterocycles. The maximum absolute atomic E-state index is 11.7. The molecule has 7 saturated heterocycles. The van der Waals surface area contributed by atoms with E-state index in [1.165, 1.54) is 0 Å². The van der Waals surface area contributed by atoms with Crippen molar-refractivity contribution in [1.29, 1.82) is 0 Å². The highest BCUT2D eigenvalue weighted by molar-refractivity contribution is 7.81. The first-order valence-electron chi connectivity index (χ1n) is 22.4. The molecule has 74 heavy (non-hydrogen) atoms. The van der Waals surface area contributed by atoms with Crippen molar-refractivity contribution in [3.05, 3.63) is 0 Å². The van der Waals surface area contributed by atoms with Crippen molar-refractivity contribution in [2.75, 3.05) is 39.6 Å². The Hall–Kier alpha value is -1.38. The number of aliphatic hydroxyl groups is 16. The van der Waals surface area contributed by atoms with Gasteiger partial charge in [0.15, 0.2) is 37.7 Å². The molecule has 18 N–H and O–H groups in total. The SMILES string of the molecule is O=S(=O)(O)OC[C@@H]1O[C@@H](O[C@H]2[C@@H](O)[C@@H](CO)O[C@@H](O[C@H]3[C@@H](O)[C@H](O)[C@H](O[C@H]4[C@@H](O)[C@@H](CO)O[C@@H](O[C@H]5[C@H]6OC[C@@H]5O[C@@H](O[C@@H]5[C@@H](O)[C@H](O)O[C@H](CO)[C@@H]5O)[C@H]6O)[C@@H]4O)O[C@H]3COS(=O)(=O)O)[C@@H]2O)[C@@H](O)[C@H](O)[C@@H]1O. The summed E-state index contributed by atoms with van der Waals surface area (Å²) in [5.74, 6) is 0. The smallest absolute Gasteiger partial charge is 0.394 e. The topological polar surface area (TPSA) is 562 Å². The Morgan fingerprint density at radius 3 is 1.23 bits per heavy atom. The molecule has 0 aliphatic carbocycles. The van der Waals surface area contributed by atoms with Crippen LogP contribution < -0.4 is 0 Å². The summed E-state index contributed by atoms with van der Waals surface area (Å²) in [6, 6.07) is 0. The minimum Gasteiger partial charge on any atom is -0.394 e. The van der Waals surface area contributed by atoms with Crippen LogP contribution in [0.2, 0.25) is 0 Å². The van der Waals surface area contributed by atoms with Gasteiger partial charge < -0.3 is 139 Å². The van der Waals surface area contributed by atoms with Crippen LogP contribution in [0.25, 0.3) is 0 Å². The highest BCUT2D eigenvalue weighted by atomic mass is 32.3. The summed E-state index contributed by atoms with van der Waals surface area (Å²) < 4.78 is 139. The largest absolute Gasteiger partial charge is 0.397 e. The molecule has 0 aromatic heterocycles. The molecule has 0 saturated carbocycles. The fourth-order valence-electron chi connectivity index (χ4n) is 9.15. The van der Waals surface area contributed by atoms with Gasteiger partial charge in [-0.05, 0) is 0 Å². The average molecular weight is 1130 g/mol. The highest BCUT2D eigenvalue weighted by Crippen LogP contribution is 2.39. The van der Waals surface area contributed by atoms with E-state index < -0.39 is 238 Å². The number of aliphatic hydroxyl groups excluding tert-OH is 16. The average Bonchev–Trinajstić information content (AvgIpc) is 3.65. The van der Waals surface area contributed by atoms with Gasteiger partial charge in [0.2, 0.25) is 0 Å². The highest BCUT2D eigenvalue weighted by Gasteiger charge is 2.59. The molecular formula is C36H60O36S2. The van der Waals surface area contributed by atoms with Gasteiger partial charge >= 0.3 is 20.8 Å². The molecule has 38 heteroatoms. The summed E-state index contributed by atoms with van der Waals surface area (Å²) in [7, 11) is -10.5. The van der Waals surface area contributed by atoms with Crippen LogP contribution in [-0.4, -0.2) is 332 Å². The van der Waals surface area contributed by atoms with Gasteiger partial charge in [-0.2, -0.15) is 16.8 Å². The molecule has 7 aliphatic heterocycles. The third kappa shape index (κ3) is 13.1. The van der Waals surface area contributed by atoms with Crippen molar-refractivity contribution < 1.29 is 173 Å². The lowest BCUT2D eigenvalue weighted by Crippen LogP contribution is -2.68. The lowest BCUT2D eigenvalue weighted by Gasteiger charge is -2.49. The molecule has 0 amide bonds. The lowest BCUT2D eigenvalue weighted by atomic mass is 9.95. The van der Waals surface area contributed by atoms with E-state index >= 15 is 0 Å². The van der Waals surface area contributed by atoms with Gasteiger partial charge in [-0.15, -0.1) is 0 Å². The van der Waals surface area contributed by atoms with Crippen LogP contribution in [0, 0.1) is 0 Å². The van der Waals surface area contributed by atoms with E-state index in [4.69, 9.17) is 61.4 Å². The first-order chi connectivity index (χ1) is 34.7. The summed E-state index contributed by atoms with van der Waals surface area (Å²) in [5.41, 5.74) is 0. The summed E-state index contributed by atoms with van der Waals surface area (Å²) in [5, 5.41) is 171. The van der Waals surface area contributed by atoms with E-state index in [-0.39, 0.29) is 6.61 Å². The molecule has 30 atom stereocenters. The third-order valence-electron chi connectivity index (χ3n) is 13.1. The molecule has 0 aromatic rings. The summed E-state index contributed by atoms with van der Waals surface area (Å²) in [6.45, 7) is -5.76. The maximum Gasteiger partial charge on any atom is 0.397 e. The predicted molar refractivity (Wildman–Crippen MR) is 217 cm³/mol. The van der Waals surface area contributed by atoms with Gasteiger partial charge in [-0.1, -0.05) is 0 Å². The van der Waals surface area contributed by atoms with Gasteiger partial charge in [-0.3, -0.25) is 9.11 Å². The van der Waals surface area contributed by atoms with Crippen LogP contribution in [0.15, 0.2) is 0 Å². The molecule has 0 radical (unpaired) electrons. The normalized spacial score (nSPS) is 50.5. The van der Waals surface area contributed by atoms with Crippen molar-refractivity contribution in [2.45, 2.75) is 184 Å². The lowest BCUT2D eigenvalue weighted by molar-refractivity contribution is -0.392. The van der Waals surface area contributed by atoms with Gasteiger partial charge in [-0.25, -0.2) is 8.37 Å². The Morgan fingerprint density at radius 1 is 0.365 bits per heavy atom. The zero-order valence-corrected chi connectivity index (χ0v) is 39.4. The van der Waals surface area contributed by atoms with Crippen molar-refractivity contribution in [3.8, 4) is 0 Å². The van der Waals surface area contributed by atoms with Crippen molar-refractivity contribution in [3.63, 3.8) is 0 Å². The van der Waals surface area contributed by atoms with Crippen LogP contribution >= 0.6 is 0 Å². The monoisotopic (exact) mass is 1130 g/mol. The zero-order chi connectivity index (χ0) is 54.5. The Labute approximate surface area is 416 Å². The van der Waals surface area contributed by atoms with Crippen LogP contribution in [-0.2, 0) is 86.0 Å². The molecule has 7 aliphatic rings. The maximum atomic E-state index is 11.7. The van der Waals surface area contributed by atoms with Crippen molar-refractivity contribution in [2.24, 2.45) is 0 Å². The number of hydrogen-bond acceptors (Lipinski definition) is 34. The summed E-state index contributed by atoms with van der Waals surface area (Å²) in [4.78, 5) is 0. The van der Waals surface area contributed by atoms with E-state index in [1.54, 1.807) is 0 Å². The van der Waals surface area contributed by atoms with Gasteiger partial charge in [0, 0.05) is 0 Å². The second kappa shape index (κ2) is 24.5. The number of ether oxygens (including phenoxy) is 12. The van der Waals surface area contributed by atoms with Gasteiger partial charge in [0.1, 0.15) is 146 Å². The number of hydrogen-bond donors (Lipinski definition) is 18. The molecule has 0 aromatic carbocycles. The van der Waals surface area contributed by atoms with E-state index in [9.17, 15) is 103 Å². The Balaban J connectivity index is 1.05. The van der Waals surface area contributed by atoms with Crippen molar-refractivity contribution in [1.82, 2.24) is 0 Å². The first-order valence-corrected chi connectivity index (χ1v) is 25.1. The Bertz CT molecular complexity index is 2030. The van der Waals surface area contributed by atoms with Crippen LogP contribution in [0.5, 0.6) is 0 Å². The number of fused-ring (bicyclic) bond motifs is 2. The molecule has 2 bridgehead atoms. The van der Waals surface area contributed by atoms with E-state index in [1.807, 2.05) is 0 Å². The Kier molecular flexibility index (Phi) is 20.0. The second-order valence-electron chi connectivity index (χ2n) is 17.9. The van der Waals surface area contributed by atoms with E-state index in [2.05, 4.69) is 8.37 Å². The minimum absolute atomic E-state index is 0.318. The van der Waals surface area contributed by atoms with Crippen molar-refractivity contribution >= 4 is 20.8 Å². The predicted octanol–water partition coefficient (Wildman–Crippen LogP) is -13.4. The molecular weight excluding hydrogens is 1070 g/mol. The minimum atomic E-state index is -5.37. The summed E-state index contributed by atoms with van der Waals surface area (Å²) >= 11 is 0. The molecule has 36 nitrogen and oxygen atoms in total. The summed E-state index contributed by atoms with van der Waals surface area (Å²) in [6.07, 6.45) is -58.6. The molecule has 7 fully saturated rings. The van der Waals surface area contributed by atoms with Crippen LogP contribution in [0.3, 0.4) is 0 Å². The zero-order valence-electron chi connectivity index (χ0n) is 37.8. The van der Waals surface area contributed by atoms with Crippen LogP contribution in [0.4, 0.5) is 0 Å². The van der Waals surface area contributed by atoms with E-state index in [0.29, 0.717) is 0 Å². The van der Waals surface area contributed by atoms with Crippen LogP contribution in [0.1, 0.15) is 0 Å². The fraction of sp³-hybridized carbons (Fsp3) is 1.00. The molecule has 7 rings (SSSR count). The standard InChI is InChI=1S/C36H60O36S2/c37-1-7-14(41)27(21(48)31(52)62-7)70-36-24(51)30-26(11(66-36)4-59-30)69-35-23(50)29(16(43)9(3-39)64-35)72-33-20(47)18(45)25(12(67-33)6-61-74(56,57)58)68-34-22(49)28(15(42)8(2-38)63-34)71-32-19(46)17(44)13(40)10(65-32)5-60-73(53,54)55/h7-52H,1-6H2,(H,53,54,55)(H,56,57,58)/t7-,8-,9-,10+,11+,12+,13-,14+,15+,16+,17-,18+,19+,20+,21-,22-,23-,24+,25-,26-,27+,28+,29+,30+,31-,32+,33+,34+,35+,36+/m1/s1. The fourth-order valence-corrected chi connectivity index (χ4v) is 9.76.